The first kappa shape index (κ1) is 12.6. The lowest BCUT2D eigenvalue weighted by molar-refractivity contribution is -0.139. The van der Waals surface area contributed by atoms with E-state index in [1.807, 2.05) is 0 Å². The van der Waals surface area contributed by atoms with Gasteiger partial charge < -0.3 is 10.2 Å². The van der Waals surface area contributed by atoms with Gasteiger partial charge in [-0.1, -0.05) is 20.1 Å². The molecule has 3 nitrogen and oxygen atoms in total. The van der Waals surface area contributed by atoms with E-state index in [9.17, 15) is 4.79 Å². The topological polar surface area (TPSA) is 57.5 Å². The largest absolute Gasteiger partial charge is 0.481 e. The second kappa shape index (κ2) is 8.95. The van der Waals surface area contributed by atoms with Crippen LogP contribution in [0, 0.1) is 0 Å². The van der Waals surface area contributed by atoms with Crippen LogP contribution in [0.4, 0.5) is 0 Å². The molecule has 0 spiro atoms. The number of aliphatic hydroxyl groups is 1. The average Bonchev–Trinajstić information content (AvgIpc) is 1.88. The summed E-state index contributed by atoms with van der Waals surface area (Å²) in [5.74, 6) is -0.945. The summed E-state index contributed by atoms with van der Waals surface area (Å²) in [5.41, 5.74) is 2.25. The third-order valence-corrected chi connectivity index (χ3v) is 0.881. The molecular weight excluding hydrogens is 144 g/mol. The molecule has 2 N–H and O–H groups in total. The Kier molecular flexibility index (Phi) is 10.3. The van der Waals surface area contributed by atoms with Crippen molar-refractivity contribution in [3.63, 3.8) is 0 Å². The van der Waals surface area contributed by atoms with E-state index >= 15 is 0 Å². The van der Waals surface area contributed by atoms with Crippen molar-refractivity contribution < 1.29 is 15.0 Å². The molecule has 11 heavy (non-hydrogen) atoms. The number of aliphatic hydroxyl groups excluding tert-OH is 1. The number of carboxylic acids is 1. The summed E-state index contributed by atoms with van der Waals surface area (Å²) in [6.07, 6.45) is -0.310. The van der Waals surface area contributed by atoms with Crippen LogP contribution in [-0.4, -0.2) is 22.3 Å². The van der Waals surface area contributed by atoms with Gasteiger partial charge in [0.1, 0.15) is 0 Å². The molecule has 0 aliphatic heterocycles. The van der Waals surface area contributed by atoms with Gasteiger partial charge in [-0.15, -0.1) is 5.73 Å². The Bertz CT molecular complexity index is 134. The molecule has 0 bridgehead atoms. The van der Waals surface area contributed by atoms with E-state index in [1.54, 1.807) is 6.92 Å². The Hall–Kier alpha value is -1.05. The lowest BCUT2D eigenvalue weighted by Gasteiger charge is -2.00. The lowest BCUT2D eigenvalue weighted by Crippen LogP contribution is -2.10. The highest BCUT2D eigenvalue weighted by Crippen LogP contribution is 1.94. The maximum atomic E-state index is 9.81. The number of hydrogen-bond acceptors (Lipinski definition) is 2. The smallest absolute Gasteiger partial charge is 0.305 e. The molecule has 0 rings (SSSR count). The molecule has 0 radical (unpaired) electrons. The Labute approximate surface area is 66.7 Å². The quantitative estimate of drug-likeness (QED) is 0.606. The maximum Gasteiger partial charge on any atom is 0.305 e. The summed E-state index contributed by atoms with van der Waals surface area (Å²) in [4.78, 5) is 9.81. The fourth-order valence-electron chi connectivity index (χ4n) is 0.346. The van der Waals surface area contributed by atoms with Crippen LogP contribution in [0.15, 0.2) is 18.9 Å². The Morgan fingerprint density at radius 1 is 1.64 bits per heavy atom. The number of aliphatic carboxylic acids is 1. The van der Waals surface area contributed by atoms with Crippen molar-refractivity contribution in [2.75, 3.05) is 0 Å². The van der Waals surface area contributed by atoms with E-state index in [4.69, 9.17) is 10.2 Å². The molecular formula is C8H14O3. The third kappa shape index (κ3) is 17.6. The zero-order valence-corrected chi connectivity index (χ0v) is 6.71. The van der Waals surface area contributed by atoms with Crippen molar-refractivity contribution >= 4 is 5.97 Å². The first-order valence-electron chi connectivity index (χ1n) is 3.27. The van der Waals surface area contributed by atoms with Crippen LogP contribution < -0.4 is 0 Å². The van der Waals surface area contributed by atoms with Gasteiger partial charge in [0.2, 0.25) is 0 Å². The highest BCUT2D eigenvalue weighted by atomic mass is 16.4. The summed E-state index contributed by atoms with van der Waals surface area (Å²) >= 11 is 0. The molecule has 0 fully saturated rings. The van der Waals surface area contributed by atoms with Gasteiger partial charge in [0.15, 0.2) is 0 Å². The van der Waals surface area contributed by atoms with Gasteiger partial charge in [-0.2, -0.15) is 0 Å². The van der Waals surface area contributed by atoms with E-state index in [1.165, 1.54) is 0 Å². The number of carboxylic acid groups (broad SMARTS) is 1. The molecule has 0 aliphatic rings. The minimum absolute atomic E-state index is 0.142. The number of carbonyl (C=O) groups is 1. The molecule has 0 amide bonds. The molecule has 0 saturated carbocycles. The SMILES string of the molecule is C=C=C.CCC(O)CC(=O)O. The van der Waals surface area contributed by atoms with Gasteiger partial charge in [-0.05, 0) is 6.42 Å². The van der Waals surface area contributed by atoms with Gasteiger partial charge in [-0.3, -0.25) is 4.79 Å². The highest BCUT2D eigenvalue weighted by molar-refractivity contribution is 5.67. The molecule has 1 unspecified atom stereocenters. The van der Waals surface area contributed by atoms with Crippen molar-refractivity contribution in [1.82, 2.24) is 0 Å². The molecule has 0 aromatic carbocycles. The summed E-state index contributed by atoms with van der Waals surface area (Å²) in [5, 5.41) is 16.7. The maximum absolute atomic E-state index is 9.81. The van der Waals surface area contributed by atoms with Crippen molar-refractivity contribution in [3.8, 4) is 0 Å². The van der Waals surface area contributed by atoms with E-state index in [-0.39, 0.29) is 6.42 Å². The zero-order valence-electron chi connectivity index (χ0n) is 6.71. The predicted octanol–water partition coefficient (Wildman–Crippen LogP) is 1.19. The fourth-order valence-corrected chi connectivity index (χ4v) is 0.346. The monoisotopic (exact) mass is 158 g/mol. The molecule has 0 aromatic heterocycles. The average molecular weight is 158 g/mol. The minimum Gasteiger partial charge on any atom is -0.481 e. The summed E-state index contributed by atoms with van der Waals surface area (Å²) in [6, 6.07) is 0. The van der Waals surface area contributed by atoms with Crippen molar-refractivity contribution in [3.05, 3.63) is 18.9 Å². The first-order chi connectivity index (χ1) is 5.08. The van der Waals surface area contributed by atoms with E-state index in [0.717, 1.165) is 0 Å². The van der Waals surface area contributed by atoms with Crippen LogP contribution in [0.3, 0.4) is 0 Å². The second-order valence-electron chi connectivity index (χ2n) is 1.91. The van der Waals surface area contributed by atoms with Gasteiger partial charge in [0.25, 0.3) is 0 Å². The second-order valence-corrected chi connectivity index (χ2v) is 1.91. The minimum atomic E-state index is -0.945. The van der Waals surface area contributed by atoms with Crippen LogP contribution in [0.25, 0.3) is 0 Å². The van der Waals surface area contributed by atoms with E-state index in [0.29, 0.717) is 6.42 Å². The summed E-state index contributed by atoms with van der Waals surface area (Å²) in [7, 11) is 0. The van der Waals surface area contributed by atoms with Crippen LogP contribution in [0.2, 0.25) is 0 Å². The predicted molar refractivity (Wildman–Crippen MR) is 43.3 cm³/mol. The van der Waals surface area contributed by atoms with Crippen LogP contribution in [-0.2, 0) is 4.79 Å². The van der Waals surface area contributed by atoms with Gasteiger partial charge in [0.05, 0.1) is 12.5 Å². The van der Waals surface area contributed by atoms with Crippen LogP contribution in [0.5, 0.6) is 0 Å². The first-order valence-corrected chi connectivity index (χ1v) is 3.27. The summed E-state index contributed by atoms with van der Waals surface area (Å²) < 4.78 is 0. The number of hydrogen-bond donors (Lipinski definition) is 2. The Morgan fingerprint density at radius 2 is 2.00 bits per heavy atom. The van der Waals surface area contributed by atoms with Crippen LogP contribution >= 0.6 is 0 Å². The number of rotatable bonds is 3. The molecule has 64 valence electrons. The summed E-state index contributed by atoms with van der Waals surface area (Å²) in [6.45, 7) is 7.99. The molecule has 0 heterocycles. The van der Waals surface area contributed by atoms with Gasteiger partial charge in [0, 0.05) is 0 Å². The molecule has 1 atom stereocenters. The molecule has 0 aromatic rings. The normalized spacial score (nSPS) is 10.4. The van der Waals surface area contributed by atoms with Gasteiger partial charge in [-0.25, -0.2) is 0 Å². The fraction of sp³-hybridized carbons (Fsp3) is 0.500. The third-order valence-electron chi connectivity index (χ3n) is 0.881. The molecule has 0 saturated heterocycles. The standard InChI is InChI=1S/C5H10O3.C3H4/c1-2-4(6)3-5(7)8;1-3-2/h4,6H,2-3H2,1H3,(H,7,8);1-2H2. The zero-order chi connectivity index (χ0) is 9.28. The Balaban J connectivity index is 0. The van der Waals surface area contributed by atoms with Gasteiger partial charge >= 0.3 is 5.97 Å². The van der Waals surface area contributed by atoms with E-state index in [2.05, 4.69) is 18.9 Å². The van der Waals surface area contributed by atoms with Crippen molar-refractivity contribution in [2.24, 2.45) is 0 Å². The lowest BCUT2D eigenvalue weighted by atomic mass is 10.2. The van der Waals surface area contributed by atoms with E-state index < -0.39 is 12.1 Å². The Morgan fingerprint density at radius 3 is 2.09 bits per heavy atom. The molecule has 0 aliphatic carbocycles. The van der Waals surface area contributed by atoms with Crippen LogP contribution in [0.1, 0.15) is 19.8 Å². The highest BCUT2D eigenvalue weighted by Gasteiger charge is 2.04. The van der Waals surface area contributed by atoms with Crippen molar-refractivity contribution in [1.29, 1.82) is 0 Å². The van der Waals surface area contributed by atoms with Crippen molar-refractivity contribution in [2.45, 2.75) is 25.9 Å². The molecule has 3 heteroatoms.